The number of guanidine groups is 1. The Hall–Kier alpha value is -1.51. The van der Waals surface area contributed by atoms with Gasteiger partial charge in [-0.3, -0.25) is 9.79 Å². The van der Waals surface area contributed by atoms with E-state index in [1.807, 2.05) is 24.3 Å². The van der Waals surface area contributed by atoms with Crippen LogP contribution in [0.15, 0.2) is 29.3 Å². The number of aliphatic imine (C=N–C) groups is 1. The molecular weight excluding hydrogens is 479 g/mol. The van der Waals surface area contributed by atoms with Crippen molar-refractivity contribution in [2.45, 2.75) is 64.0 Å². The summed E-state index contributed by atoms with van der Waals surface area (Å²) in [5, 5.41) is 9.67. The highest BCUT2D eigenvalue weighted by Gasteiger charge is 2.23. The summed E-state index contributed by atoms with van der Waals surface area (Å²) in [5.41, 5.74) is 1.09. The third-order valence-electron chi connectivity index (χ3n) is 5.45. The second-order valence-electron chi connectivity index (χ2n) is 7.92. The first-order valence-electron chi connectivity index (χ1n) is 10.7. The molecule has 0 heterocycles. The van der Waals surface area contributed by atoms with Gasteiger partial charge in [0.15, 0.2) is 12.6 Å². The number of carbonyl (C=O) groups is 1. The van der Waals surface area contributed by atoms with Gasteiger partial charge < -0.3 is 20.7 Å². The Kier molecular flexibility index (Phi) is 10.6. The molecule has 7 heteroatoms. The van der Waals surface area contributed by atoms with Crippen molar-refractivity contribution in [2.24, 2.45) is 10.9 Å². The van der Waals surface area contributed by atoms with Crippen molar-refractivity contribution in [3.63, 3.8) is 0 Å². The predicted molar refractivity (Wildman–Crippen MR) is 128 cm³/mol. The molecule has 1 aromatic carbocycles. The van der Waals surface area contributed by atoms with Crippen molar-refractivity contribution in [1.82, 2.24) is 16.0 Å². The number of hydrogen-bond donors (Lipinski definition) is 3. The molecule has 3 N–H and O–H groups in total. The number of hydrogen-bond acceptors (Lipinski definition) is 3. The summed E-state index contributed by atoms with van der Waals surface area (Å²) in [6.45, 7) is 1.68. The van der Waals surface area contributed by atoms with Crippen LogP contribution in [-0.4, -0.2) is 38.1 Å². The van der Waals surface area contributed by atoms with Gasteiger partial charge in [0.25, 0.3) is 5.91 Å². The molecule has 0 saturated heterocycles. The van der Waals surface area contributed by atoms with Crippen LogP contribution in [0.3, 0.4) is 0 Å². The minimum absolute atomic E-state index is 0. The number of ether oxygens (including phenoxy) is 1. The van der Waals surface area contributed by atoms with Gasteiger partial charge in [0.05, 0.1) is 0 Å². The number of nitrogens with zero attached hydrogens (tertiary/aromatic N) is 1. The van der Waals surface area contributed by atoms with E-state index in [4.69, 9.17) is 4.74 Å². The summed E-state index contributed by atoms with van der Waals surface area (Å²) >= 11 is 0. The lowest BCUT2D eigenvalue weighted by atomic mass is 10.0. The number of rotatable bonds is 10. The number of halogens is 1. The molecule has 2 aliphatic rings. The average Bonchev–Trinajstić information content (AvgIpc) is 3.37. The van der Waals surface area contributed by atoms with E-state index < -0.39 is 0 Å². The van der Waals surface area contributed by atoms with Crippen LogP contribution >= 0.6 is 24.0 Å². The van der Waals surface area contributed by atoms with Crippen LogP contribution < -0.4 is 20.7 Å². The van der Waals surface area contributed by atoms with Crippen LogP contribution in [0.1, 0.15) is 56.9 Å². The fourth-order valence-electron chi connectivity index (χ4n) is 3.69. The first-order valence-corrected chi connectivity index (χ1v) is 10.7. The van der Waals surface area contributed by atoms with Crippen LogP contribution in [-0.2, 0) is 11.3 Å². The first-order chi connectivity index (χ1) is 13.7. The molecule has 2 saturated carbocycles. The quantitative estimate of drug-likeness (QED) is 0.193. The van der Waals surface area contributed by atoms with E-state index in [0.29, 0.717) is 18.3 Å². The van der Waals surface area contributed by atoms with Gasteiger partial charge >= 0.3 is 0 Å². The Morgan fingerprint density at radius 1 is 1.17 bits per heavy atom. The lowest BCUT2D eigenvalue weighted by molar-refractivity contribution is -0.123. The molecule has 0 aliphatic heterocycles. The molecule has 0 aromatic heterocycles. The third-order valence-corrected chi connectivity index (χ3v) is 5.45. The highest BCUT2D eigenvalue weighted by molar-refractivity contribution is 14.0. The monoisotopic (exact) mass is 514 g/mol. The molecule has 2 fully saturated rings. The van der Waals surface area contributed by atoms with Crippen molar-refractivity contribution in [3.05, 3.63) is 29.8 Å². The number of benzene rings is 1. The van der Waals surface area contributed by atoms with E-state index in [1.54, 1.807) is 7.05 Å². The first kappa shape index (κ1) is 23.8. The molecule has 0 spiro atoms. The second-order valence-corrected chi connectivity index (χ2v) is 7.92. The molecule has 0 unspecified atom stereocenters. The van der Waals surface area contributed by atoms with E-state index in [-0.39, 0.29) is 36.5 Å². The maximum Gasteiger partial charge on any atom is 0.258 e. The fraction of sp³-hybridized carbons (Fsp3) is 0.636. The fourth-order valence-corrected chi connectivity index (χ4v) is 3.69. The lowest BCUT2D eigenvalue weighted by Crippen LogP contribution is -2.37. The van der Waals surface area contributed by atoms with E-state index in [2.05, 4.69) is 20.9 Å². The second kappa shape index (κ2) is 12.9. The van der Waals surface area contributed by atoms with Crippen molar-refractivity contribution in [2.75, 3.05) is 20.2 Å². The summed E-state index contributed by atoms with van der Waals surface area (Å²) in [5.74, 6) is 2.42. The SMILES string of the molecule is CN=C(NCCCC1CCCC1)NCc1cccc(OCC(=O)NC2CC2)c1.I. The van der Waals surface area contributed by atoms with Gasteiger partial charge in [-0.15, -0.1) is 24.0 Å². The molecule has 162 valence electrons. The Labute approximate surface area is 191 Å². The molecule has 0 radical (unpaired) electrons. The van der Waals surface area contributed by atoms with Gasteiger partial charge in [0.2, 0.25) is 0 Å². The van der Waals surface area contributed by atoms with E-state index >= 15 is 0 Å². The Morgan fingerprint density at radius 3 is 2.69 bits per heavy atom. The topological polar surface area (TPSA) is 74.8 Å². The minimum Gasteiger partial charge on any atom is -0.484 e. The zero-order valence-corrected chi connectivity index (χ0v) is 19.7. The maximum atomic E-state index is 11.7. The van der Waals surface area contributed by atoms with E-state index in [9.17, 15) is 4.79 Å². The molecule has 1 aromatic rings. The van der Waals surface area contributed by atoms with Gasteiger partial charge in [0.1, 0.15) is 5.75 Å². The van der Waals surface area contributed by atoms with Crippen LogP contribution in [0.2, 0.25) is 0 Å². The number of amides is 1. The minimum atomic E-state index is -0.0479. The number of nitrogens with one attached hydrogen (secondary N) is 3. The van der Waals surface area contributed by atoms with Crippen molar-refractivity contribution < 1.29 is 9.53 Å². The predicted octanol–water partition coefficient (Wildman–Crippen LogP) is 3.60. The molecule has 0 bridgehead atoms. The Morgan fingerprint density at radius 2 is 1.97 bits per heavy atom. The molecule has 2 aliphatic carbocycles. The smallest absolute Gasteiger partial charge is 0.258 e. The van der Waals surface area contributed by atoms with Gasteiger partial charge in [-0.25, -0.2) is 0 Å². The van der Waals surface area contributed by atoms with Crippen LogP contribution in [0.25, 0.3) is 0 Å². The van der Waals surface area contributed by atoms with Crippen molar-refractivity contribution in [1.29, 1.82) is 0 Å². The van der Waals surface area contributed by atoms with Gasteiger partial charge in [-0.2, -0.15) is 0 Å². The maximum absolute atomic E-state index is 11.7. The molecule has 1 amide bonds. The van der Waals surface area contributed by atoms with E-state index in [1.165, 1.54) is 38.5 Å². The van der Waals surface area contributed by atoms with Gasteiger partial charge in [-0.1, -0.05) is 37.8 Å². The molecule has 6 nitrogen and oxygen atoms in total. The highest BCUT2D eigenvalue weighted by atomic mass is 127. The zero-order chi connectivity index (χ0) is 19.6. The molecule has 29 heavy (non-hydrogen) atoms. The van der Waals surface area contributed by atoms with Crippen LogP contribution in [0.4, 0.5) is 0 Å². The van der Waals surface area contributed by atoms with E-state index in [0.717, 1.165) is 36.8 Å². The summed E-state index contributed by atoms with van der Waals surface area (Å²) in [6.07, 6.45) is 10.3. The van der Waals surface area contributed by atoms with Crippen molar-refractivity contribution in [3.8, 4) is 5.75 Å². The summed E-state index contributed by atoms with van der Waals surface area (Å²) in [4.78, 5) is 16.0. The molecule has 0 atom stereocenters. The Balaban J connectivity index is 0.00000300. The summed E-state index contributed by atoms with van der Waals surface area (Å²) in [6, 6.07) is 8.19. The largest absolute Gasteiger partial charge is 0.484 e. The Bertz CT molecular complexity index is 658. The standard InChI is InChI=1S/C22H34N4O2.HI/c1-23-22(24-13-5-9-17-6-2-3-7-17)25-15-18-8-4-10-20(14-18)28-16-21(27)26-19-11-12-19;/h4,8,10,14,17,19H,2-3,5-7,9,11-13,15-16H2,1H3,(H,26,27)(H2,23,24,25);1H. The third kappa shape index (κ3) is 9.23. The van der Waals surface area contributed by atoms with Gasteiger partial charge in [0, 0.05) is 26.2 Å². The summed E-state index contributed by atoms with van der Waals surface area (Å²) < 4.78 is 5.61. The average molecular weight is 514 g/mol. The van der Waals surface area contributed by atoms with Crippen molar-refractivity contribution >= 4 is 35.8 Å². The van der Waals surface area contributed by atoms with Gasteiger partial charge in [-0.05, 0) is 49.3 Å². The normalized spacial score (nSPS) is 16.8. The van der Waals surface area contributed by atoms with Crippen LogP contribution in [0.5, 0.6) is 5.75 Å². The zero-order valence-electron chi connectivity index (χ0n) is 17.4. The highest BCUT2D eigenvalue weighted by Crippen LogP contribution is 2.28. The molecule has 3 rings (SSSR count). The number of carbonyl (C=O) groups excluding carboxylic acids is 1. The molecular formula is C22H35IN4O2. The van der Waals surface area contributed by atoms with Crippen LogP contribution in [0, 0.1) is 5.92 Å². The lowest BCUT2D eigenvalue weighted by Gasteiger charge is -2.14. The summed E-state index contributed by atoms with van der Waals surface area (Å²) in [7, 11) is 1.80.